The van der Waals surface area contributed by atoms with E-state index in [0.717, 1.165) is 0 Å². The van der Waals surface area contributed by atoms with E-state index in [9.17, 15) is 81.1 Å². The molecule has 5 saturated heterocycles. The van der Waals surface area contributed by atoms with Crippen molar-refractivity contribution >= 4 is 11.9 Å². The third-order valence-electron chi connectivity index (χ3n) is 10.1. The maximum Gasteiger partial charge on any atom is 0.335 e. The van der Waals surface area contributed by atoms with Gasteiger partial charge in [0.05, 0.1) is 18.3 Å². The predicted molar refractivity (Wildman–Crippen MR) is 163 cm³/mol. The van der Waals surface area contributed by atoms with E-state index in [1.165, 1.54) is 20.8 Å². The molecule has 55 heavy (non-hydrogen) atoms. The van der Waals surface area contributed by atoms with Crippen LogP contribution in [0.25, 0.3) is 0 Å². The zero-order valence-corrected chi connectivity index (χ0v) is 29.2. The highest BCUT2D eigenvalue weighted by Gasteiger charge is 2.57. The van der Waals surface area contributed by atoms with Gasteiger partial charge in [-0.05, 0) is 20.8 Å². The number of hydrogen-bond acceptors (Lipinski definition) is 23. The Morgan fingerprint density at radius 2 is 0.745 bits per heavy atom. The van der Waals surface area contributed by atoms with Crippen molar-refractivity contribution < 1.29 is 124 Å². The summed E-state index contributed by atoms with van der Waals surface area (Å²) in [6.07, 6.45) is -48.4. The molecular formula is C30H48O25. The molecule has 0 amide bonds. The van der Waals surface area contributed by atoms with Gasteiger partial charge in [-0.3, -0.25) is 0 Å². The summed E-state index contributed by atoms with van der Waals surface area (Å²) in [6, 6.07) is 0. The van der Waals surface area contributed by atoms with Gasteiger partial charge in [0.1, 0.15) is 91.6 Å². The minimum atomic E-state index is -2.21. The van der Waals surface area contributed by atoms with Crippen LogP contribution in [-0.4, -0.2) is 237 Å². The monoisotopic (exact) mass is 808 g/mol. The van der Waals surface area contributed by atoms with Gasteiger partial charge in [0.15, 0.2) is 43.7 Å². The number of rotatable bonds is 10. The van der Waals surface area contributed by atoms with Crippen LogP contribution in [-0.2, 0) is 52.2 Å². The average Bonchev–Trinajstić information content (AvgIpc) is 3.12. The Morgan fingerprint density at radius 1 is 0.364 bits per heavy atom. The lowest BCUT2D eigenvalue weighted by atomic mass is 9.95. The first kappa shape index (κ1) is 44.2. The zero-order valence-electron chi connectivity index (χ0n) is 29.2. The lowest BCUT2D eigenvalue weighted by Gasteiger charge is -2.50. The number of hydrogen-bond donors (Lipinski definition) is 14. The minimum Gasteiger partial charge on any atom is -0.479 e. The summed E-state index contributed by atoms with van der Waals surface area (Å²) in [6.45, 7) is 3.86. The molecule has 25 atom stereocenters. The molecule has 0 bridgehead atoms. The van der Waals surface area contributed by atoms with Crippen molar-refractivity contribution in [3.8, 4) is 0 Å². The lowest BCUT2D eigenvalue weighted by molar-refractivity contribution is -0.408. The molecule has 0 aromatic carbocycles. The molecule has 0 aromatic rings. The van der Waals surface area contributed by atoms with Crippen LogP contribution in [0.3, 0.4) is 0 Å². The van der Waals surface area contributed by atoms with E-state index in [1.807, 2.05) is 0 Å². The fourth-order valence-corrected chi connectivity index (χ4v) is 6.77. The predicted octanol–water partition coefficient (Wildman–Crippen LogP) is -8.66. The molecule has 0 aromatic heterocycles. The number of aliphatic carboxylic acids is 2. The summed E-state index contributed by atoms with van der Waals surface area (Å²) < 4.78 is 50.3. The van der Waals surface area contributed by atoms with Gasteiger partial charge >= 0.3 is 11.9 Å². The van der Waals surface area contributed by atoms with E-state index in [0.29, 0.717) is 0 Å². The van der Waals surface area contributed by atoms with Crippen LogP contribution < -0.4 is 0 Å². The minimum absolute atomic E-state index is 1.15. The standard InChI is InChI=1S/C30H48O25/c1-4-7(31)12(36)22(54-27-15(39)10(34)13(37)20(52-27)24(42)43)29(48-4)51-19-9(33)6(3)49-30(50-18-8(32)5(2)47-26(46)17(18)41)23(19)55-28-16(40)11(35)14(38)21(53-28)25(44)45/h4-23,26-41,46H,1-3H3,(H,42,43)(H,44,45)/t4?,5?,6?,7-,8-,9-,10-,11-,12-,13+,14+,15?,16?,17?,18-,19-,20?,21?,22?,23?,26?,27-,28-,29-,30-/m0/s1. The summed E-state index contributed by atoms with van der Waals surface area (Å²) in [5, 5.41) is 146. The van der Waals surface area contributed by atoms with Crippen molar-refractivity contribution in [3.05, 3.63) is 0 Å². The summed E-state index contributed by atoms with van der Waals surface area (Å²) >= 11 is 0. The maximum absolute atomic E-state index is 11.8. The largest absolute Gasteiger partial charge is 0.479 e. The van der Waals surface area contributed by atoms with Crippen molar-refractivity contribution in [2.24, 2.45) is 0 Å². The van der Waals surface area contributed by atoms with E-state index in [4.69, 9.17) is 42.6 Å². The molecule has 318 valence electrons. The Bertz CT molecular complexity index is 1300. The Labute approximate surface area is 310 Å². The molecule has 0 aliphatic carbocycles. The number of carbonyl (C=O) groups is 2. The first-order valence-corrected chi connectivity index (χ1v) is 17.2. The van der Waals surface area contributed by atoms with Crippen molar-refractivity contribution in [2.45, 2.75) is 174 Å². The first-order chi connectivity index (χ1) is 25.7. The van der Waals surface area contributed by atoms with E-state index < -0.39 is 165 Å². The van der Waals surface area contributed by atoms with Gasteiger partial charge in [-0.1, -0.05) is 0 Å². The fourth-order valence-electron chi connectivity index (χ4n) is 6.77. The Hall–Kier alpha value is -1.90. The maximum atomic E-state index is 11.8. The SMILES string of the molecule is CC1O[C@@H](O[C@@H]2C(O[C@@H]3OC(C(=O)O)[C@H](O)[C@H](O)C3O)[C@H](O[C@@H]3C(O)C(O)OC(C)[C@@H]3O)OC(C)[C@@H]2O)C(O[C@@H]2OC(C(=O)O)[C@H](O)[C@H](O)C2O)[C@@H](O)[C@H]1O. The van der Waals surface area contributed by atoms with Crippen molar-refractivity contribution in [1.82, 2.24) is 0 Å². The summed E-state index contributed by atoms with van der Waals surface area (Å²) in [5.74, 6) is -3.58. The highest BCUT2D eigenvalue weighted by atomic mass is 16.8. The van der Waals surface area contributed by atoms with Crippen LogP contribution in [0.4, 0.5) is 0 Å². The van der Waals surface area contributed by atoms with Crippen LogP contribution in [0.5, 0.6) is 0 Å². The molecule has 0 spiro atoms. The number of aliphatic hydroxyl groups is 12. The van der Waals surface area contributed by atoms with E-state index in [-0.39, 0.29) is 0 Å². The normalized spacial score (nSPS) is 53.8. The molecule has 5 fully saturated rings. The molecule has 11 unspecified atom stereocenters. The average molecular weight is 809 g/mol. The molecule has 5 aliphatic rings. The topological polar surface area (TPSA) is 400 Å². The molecule has 0 saturated carbocycles. The highest BCUT2D eigenvalue weighted by molar-refractivity contribution is 5.73. The first-order valence-electron chi connectivity index (χ1n) is 17.2. The highest BCUT2D eigenvalue weighted by Crippen LogP contribution is 2.37. The summed E-state index contributed by atoms with van der Waals surface area (Å²) in [5.41, 5.74) is 0. The van der Waals surface area contributed by atoms with Gasteiger partial charge in [0.25, 0.3) is 0 Å². The van der Waals surface area contributed by atoms with Gasteiger partial charge in [0, 0.05) is 0 Å². The van der Waals surface area contributed by atoms with Gasteiger partial charge < -0.3 is 114 Å². The second-order valence-electron chi connectivity index (χ2n) is 14.0. The van der Waals surface area contributed by atoms with Crippen molar-refractivity contribution in [3.63, 3.8) is 0 Å². The number of carboxylic acid groups (broad SMARTS) is 2. The molecule has 25 heteroatoms. The number of aliphatic hydroxyl groups excluding tert-OH is 12. The van der Waals surface area contributed by atoms with Gasteiger partial charge in [-0.25, -0.2) is 9.59 Å². The zero-order chi connectivity index (χ0) is 41.0. The van der Waals surface area contributed by atoms with Crippen LogP contribution in [0.2, 0.25) is 0 Å². The fraction of sp³-hybridized carbons (Fsp3) is 0.933. The van der Waals surface area contributed by atoms with Crippen molar-refractivity contribution in [2.75, 3.05) is 0 Å². The van der Waals surface area contributed by atoms with Crippen LogP contribution >= 0.6 is 0 Å². The lowest BCUT2D eigenvalue weighted by Crippen LogP contribution is -2.68. The Balaban J connectivity index is 1.51. The van der Waals surface area contributed by atoms with Gasteiger partial charge in [-0.2, -0.15) is 0 Å². The van der Waals surface area contributed by atoms with Gasteiger partial charge in [-0.15, -0.1) is 0 Å². The second-order valence-corrected chi connectivity index (χ2v) is 14.0. The van der Waals surface area contributed by atoms with Gasteiger partial charge in [0.2, 0.25) is 0 Å². The summed E-state index contributed by atoms with van der Waals surface area (Å²) in [4.78, 5) is 23.5. The van der Waals surface area contributed by atoms with Crippen molar-refractivity contribution in [1.29, 1.82) is 0 Å². The van der Waals surface area contributed by atoms with E-state index in [2.05, 4.69) is 0 Å². The summed E-state index contributed by atoms with van der Waals surface area (Å²) in [7, 11) is 0. The van der Waals surface area contributed by atoms with E-state index in [1.54, 1.807) is 0 Å². The second kappa shape index (κ2) is 17.5. The number of ether oxygens (including phenoxy) is 9. The molecular weight excluding hydrogens is 760 g/mol. The quantitative estimate of drug-likeness (QED) is 0.0974. The third-order valence-corrected chi connectivity index (χ3v) is 10.1. The Kier molecular flexibility index (Phi) is 14.1. The van der Waals surface area contributed by atoms with Crippen LogP contribution in [0.1, 0.15) is 20.8 Å². The molecule has 5 rings (SSSR count). The molecule has 5 heterocycles. The molecule has 25 nitrogen and oxygen atoms in total. The molecule has 0 radical (unpaired) electrons. The van der Waals surface area contributed by atoms with Crippen LogP contribution in [0.15, 0.2) is 0 Å². The number of carboxylic acids is 2. The van der Waals surface area contributed by atoms with E-state index >= 15 is 0 Å². The molecule has 5 aliphatic heterocycles. The molecule has 14 N–H and O–H groups in total. The van der Waals surface area contributed by atoms with Crippen LogP contribution in [0, 0.1) is 0 Å². The Morgan fingerprint density at radius 3 is 1.24 bits per heavy atom. The third kappa shape index (κ3) is 8.77. The smallest absolute Gasteiger partial charge is 0.335 e.